The van der Waals surface area contributed by atoms with Crippen LogP contribution < -0.4 is 14.8 Å². The molecule has 0 radical (unpaired) electrons. The summed E-state index contributed by atoms with van der Waals surface area (Å²) in [4.78, 5) is 14.7. The van der Waals surface area contributed by atoms with Gasteiger partial charge < -0.3 is 9.64 Å². The first-order valence-corrected chi connectivity index (χ1v) is 12.2. The highest BCUT2D eigenvalue weighted by molar-refractivity contribution is 6.90. The highest BCUT2D eigenvalue weighted by Crippen LogP contribution is 2.30. The molecule has 0 spiro atoms. The van der Waals surface area contributed by atoms with Crippen molar-refractivity contribution in [2.24, 2.45) is 0 Å². The minimum absolute atomic E-state index is 0.196. The van der Waals surface area contributed by atoms with E-state index in [0.717, 1.165) is 34.5 Å². The average molecular weight is 352 g/mol. The van der Waals surface area contributed by atoms with Crippen LogP contribution >= 0.6 is 0 Å². The maximum atomic E-state index is 12.8. The van der Waals surface area contributed by atoms with Gasteiger partial charge >= 0.3 is 0 Å². The molecule has 0 N–H and O–H groups in total. The Kier molecular flexibility index (Phi) is 4.62. The Balaban J connectivity index is 2.06. The molecule has 1 aliphatic rings. The SMILES string of the molecule is COc1ccc(CN2C(=O)CCc3c#cc(C)c([Si](C)(C)C)c32)cc1. The van der Waals surface area contributed by atoms with Crippen molar-refractivity contribution >= 4 is 24.9 Å². The fraction of sp³-hybridized carbons (Fsp3) is 0.381. The van der Waals surface area contributed by atoms with Crippen molar-refractivity contribution in [1.29, 1.82) is 0 Å². The number of amides is 1. The molecule has 25 heavy (non-hydrogen) atoms. The third kappa shape index (κ3) is 3.43. The van der Waals surface area contributed by atoms with Crippen molar-refractivity contribution in [1.82, 2.24) is 0 Å². The number of ether oxygens (including phenoxy) is 1. The molecular weight excluding hydrogens is 326 g/mol. The number of hydrogen-bond acceptors (Lipinski definition) is 2. The largest absolute Gasteiger partial charge is 0.497 e. The summed E-state index contributed by atoms with van der Waals surface area (Å²) in [6, 6.07) is 14.6. The monoisotopic (exact) mass is 351 g/mol. The molecule has 0 saturated heterocycles. The van der Waals surface area contributed by atoms with E-state index >= 15 is 0 Å². The summed E-state index contributed by atoms with van der Waals surface area (Å²) in [5, 5.41) is 1.34. The van der Waals surface area contributed by atoms with E-state index in [0.29, 0.717) is 13.0 Å². The number of carbonyl (C=O) groups is 1. The van der Waals surface area contributed by atoms with E-state index in [4.69, 9.17) is 4.74 Å². The zero-order valence-electron chi connectivity index (χ0n) is 15.7. The fourth-order valence-corrected chi connectivity index (χ4v) is 5.77. The Bertz CT molecular complexity index is 791. The van der Waals surface area contributed by atoms with Gasteiger partial charge in [-0.05, 0) is 36.2 Å². The Morgan fingerprint density at radius 3 is 2.40 bits per heavy atom. The van der Waals surface area contributed by atoms with E-state index in [1.54, 1.807) is 7.11 Å². The van der Waals surface area contributed by atoms with Crippen LogP contribution in [-0.2, 0) is 17.8 Å². The van der Waals surface area contributed by atoms with Crippen LogP contribution in [0, 0.1) is 19.1 Å². The zero-order chi connectivity index (χ0) is 18.2. The lowest BCUT2D eigenvalue weighted by molar-refractivity contribution is -0.119. The molecule has 3 rings (SSSR count). The van der Waals surface area contributed by atoms with Gasteiger partial charge in [-0.25, -0.2) is 0 Å². The van der Waals surface area contributed by atoms with Gasteiger partial charge in [-0.15, -0.1) is 0 Å². The Labute approximate surface area is 151 Å². The second-order valence-corrected chi connectivity index (χ2v) is 12.7. The van der Waals surface area contributed by atoms with Gasteiger partial charge in [0.25, 0.3) is 0 Å². The molecule has 3 nitrogen and oxygen atoms in total. The number of carbonyl (C=O) groups excluding carboxylic acids is 1. The van der Waals surface area contributed by atoms with Crippen molar-refractivity contribution < 1.29 is 9.53 Å². The van der Waals surface area contributed by atoms with Crippen molar-refractivity contribution in [3.8, 4) is 5.75 Å². The second kappa shape index (κ2) is 6.57. The Hall–Kier alpha value is -2.25. The number of methoxy groups -OCH3 is 1. The molecule has 1 amide bonds. The Morgan fingerprint density at radius 2 is 1.80 bits per heavy atom. The van der Waals surface area contributed by atoms with E-state index in [-0.39, 0.29) is 5.91 Å². The molecule has 0 atom stereocenters. The molecule has 130 valence electrons. The standard InChI is InChI=1S/C21H25NO2Si/c1-15-6-9-17-10-13-19(23)22(20(17)21(15)25(3,4)5)14-16-7-11-18(24-2)12-8-16/h7-8,11-12H,10,13-14H2,1-5H3. The predicted octanol–water partition coefficient (Wildman–Crippen LogP) is 3.63. The van der Waals surface area contributed by atoms with Crippen LogP contribution in [0.5, 0.6) is 5.75 Å². The predicted molar refractivity (Wildman–Crippen MR) is 104 cm³/mol. The van der Waals surface area contributed by atoms with E-state index in [1.807, 2.05) is 29.2 Å². The molecule has 2 aromatic rings. The van der Waals surface area contributed by atoms with Gasteiger partial charge in [0.1, 0.15) is 5.75 Å². The molecule has 0 aromatic heterocycles. The van der Waals surface area contributed by atoms with Crippen LogP contribution in [0.4, 0.5) is 5.69 Å². The van der Waals surface area contributed by atoms with E-state index < -0.39 is 8.07 Å². The van der Waals surface area contributed by atoms with Gasteiger partial charge in [0.05, 0.1) is 27.4 Å². The van der Waals surface area contributed by atoms with Crippen molar-refractivity contribution in [3.05, 3.63) is 53.1 Å². The topological polar surface area (TPSA) is 29.5 Å². The summed E-state index contributed by atoms with van der Waals surface area (Å²) in [6.45, 7) is 9.66. The number of rotatable bonds is 4. The molecule has 2 aromatic carbocycles. The van der Waals surface area contributed by atoms with E-state index in [1.165, 1.54) is 5.19 Å². The van der Waals surface area contributed by atoms with Gasteiger partial charge in [-0.2, -0.15) is 0 Å². The van der Waals surface area contributed by atoms with Crippen molar-refractivity contribution in [3.63, 3.8) is 0 Å². The molecule has 0 unspecified atom stereocenters. The maximum absolute atomic E-state index is 12.8. The third-order valence-corrected chi connectivity index (χ3v) is 6.82. The highest BCUT2D eigenvalue weighted by atomic mass is 28.3. The third-order valence-electron chi connectivity index (χ3n) is 4.71. The number of fused-ring (bicyclic) bond motifs is 1. The summed E-state index contributed by atoms with van der Waals surface area (Å²) in [7, 11) is 0.0358. The first-order chi connectivity index (χ1) is 11.8. The minimum Gasteiger partial charge on any atom is -0.497 e. The van der Waals surface area contributed by atoms with Crippen LogP contribution in [0.25, 0.3) is 0 Å². The lowest BCUT2D eigenvalue weighted by Crippen LogP contribution is -2.47. The number of anilines is 1. The van der Waals surface area contributed by atoms with Gasteiger partial charge in [-0.1, -0.05) is 43.9 Å². The molecule has 0 fully saturated rings. The summed E-state index contributed by atoms with van der Waals surface area (Å²) < 4.78 is 5.23. The quantitative estimate of drug-likeness (QED) is 0.787. The number of benzene rings is 1. The number of hydrogen-bond donors (Lipinski definition) is 0. The second-order valence-electron chi connectivity index (χ2n) is 7.66. The highest BCUT2D eigenvalue weighted by Gasteiger charge is 2.32. The molecular formula is C21H25NO2Si. The molecule has 4 heteroatoms. The normalized spacial score (nSPS) is 14.1. The van der Waals surface area contributed by atoms with Gasteiger partial charge in [0.2, 0.25) is 5.91 Å². The van der Waals surface area contributed by atoms with Crippen LogP contribution in [-0.4, -0.2) is 21.1 Å². The van der Waals surface area contributed by atoms with Gasteiger partial charge in [0.15, 0.2) is 0 Å². The lowest BCUT2D eigenvalue weighted by atomic mass is 10.0. The van der Waals surface area contributed by atoms with Gasteiger partial charge in [0, 0.05) is 17.5 Å². The molecule has 0 bridgehead atoms. The van der Waals surface area contributed by atoms with Crippen LogP contribution in [0.15, 0.2) is 24.3 Å². The Morgan fingerprint density at radius 1 is 1.12 bits per heavy atom. The van der Waals surface area contributed by atoms with Crippen LogP contribution in [0.1, 0.15) is 23.1 Å². The first-order valence-electron chi connectivity index (χ1n) is 8.71. The van der Waals surface area contributed by atoms with E-state index in [9.17, 15) is 4.79 Å². The van der Waals surface area contributed by atoms with Crippen molar-refractivity contribution in [2.75, 3.05) is 12.0 Å². The molecule has 0 aliphatic carbocycles. The maximum Gasteiger partial charge on any atom is 0.227 e. The number of nitrogens with zero attached hydrogens (tertiary/aromatic N) is 1. The summed E-state index contributed by atoms with van der Waals surface area (Å²) in [5.41, 5.74) is 4.47. The van der Waals surface area contributed by atoms with Crippen LogP contribution in [0.3, 0.4) is 0 Å². The first kappa shape index (κ1) is 17.6. The molecule has 1 heterocycles. The summed E-state index contributed by atoms with van der Waals surface area (Å²) in [5.74, 6) is 1.03. The average Bonchev–Trinajstić information content (AvgIpc) is 2.57. The summed E-state index contributed by atoms with van der Waals surface area (Å²) in [6.07, 6.45) is 1.31. The van der Waals surface area contributed by atoms with Crippen LogP contribution in [0.2, 0.25) is 19.6 Å². The van der Waals surface area contributed by atoms with Crippen molar-refractivity contribution in [2.45, 2.75) is 46.0 Å². The smallest absolute Gasteiger partial charge is 0.227 e. The minimum atomic E-state index is -1.63. The van der Waals surface area contributed by atoms with E-state index in [2.05, 4.69) is 38.7 Å². The molecule has 0 saturated carbocycles. The summed E-state index contributed by atoms with van der Waals surface area (Å²) >= 11 is 0. The van der Waals surface area contributed by atoms with Gasteiger partial charge in [-0.3, -0.25) is 4.79 Å². The fourth-order valence-electron chi connectivity index (χ4n) is 3.59. The lowest BCUT2D eigenvalue weighted by Gasteiger charge is -2.34. The zero-order valence-corrected chi connectivity index (χ0v) is 16.7. The molecule has 1 aliphatic heterocycles.